The van der Waals surface area contributed by atoms with Crippen LogP contribution in [0, 0.1) is 13.8 Å². The van der Waals surface area contributed by atoms with Crippen LogP contribution in [0.25, 0.3) is 11.0 Å². The third-order valence-corrected chi connectivity index (χ3v) is 6.30. The van der Waals surface area contributed by atoms with Crippen LogP contribution in [0.2, 0.25) is 0 Å². The molecule has 0 spiro atoms. The number of carbonyl (C=O) groups is 2. The van der Waals surface area contributed by atoms with Crippen molar-refractivity contribution in [3.63, 3.8) is 0 Å². The van der Waals surface area contributed by atoms with Gasteiger partial charge in [-0.15, -0.1) is 0 Å². The van der Waals surface area contributed by atoms with Crippen molar-refractivity contribution >= 4 is 23.0 Å². The molecule has 0 unspecified atom stereocenters. The van der Waals surface area contributed by atoms with Crippen molar-refractivity contribution in [3.8, 4) is 0 Å². The van der Waals surface area contributed by atoms with Crippen LogP contribution in [-0.4, -0.2) is 40.3 Å². The zero-order valence-electron chi connectivity index (χ0n) is 20.0. The van der Waals surface area contributed by atoms with Gasteiger partial charge in [0.2, 0.25) is 0 Å². The van der Waals surface area contributed by atoms with Gasteiger partial charge in [-0.05, 0) is 50.2 Å². The van der Waals surface area contributed by atoms with Crippen LogP contribution in [0.4, 0.5) is 0 Å². The maximum Gasteiger partial charge on any atom is 0.338 e. The van der Waals surface area contributed by atoms with Crippen molar-refractivity contribution in [2.24, 2.45) is 0 Å². The van der Waals surface area contributed by atoms with E-state index < -0.39 is 30.4 Å². The topological polar surface area (TPSA) is 99.6 Å². The lowest BCUT2D eigenvalue weighted by Gasteiger charge is -2.19. The molecule has 0 aliphatic carbocycles. The minimum absolute atomic E-state index is 0.133. The normalized spacial score (nSPS) is 19.3. The Hall–Kier alpha value is -4.17. The molecule has 36 heavy (non-hydrogen) atoms. The molecule has 1 fully saturated rings. The van der Waals surface area contributed by atoms with Gasteiger partial charge < -0.3 is 19.2 Å². The molecule has 0 bridgehead atoms. The van der Waals surface area contributed by atoms with Crippen molar-refractivity contribution in [2.45, 2.75) is 38.7 Å². The average Bonchev–Trinajstić information content (AvgIpc) is 3.42. The summed E-state index contributed by atoms with van der Waals surface area (Å²) < 4.78 is 19.0. The van der Waals surface area contributed by atoms with Crippen LogP contribution < -0.4 is 5.69 Å². The quantitative estimate of drug-likeness (QED) is 0.408. The zero-order chi connectivity index (χ0) is 25.2. The summed E-state index contributed by atoms with van der Waals surface area (Å²) in [5.74, 6) is -1.01. The van der Waals surface area contributed by atoms with Crippen LogP contribution >= 0.6 is 0 Å². The molecule has 0 amide bonds. The summed E-state index contributed by atoms with van der Waals surface area (Å²) in [4.78, 5) is 41.0. The monoisotopic (exact) mass is 486 g/mol. The number of H-pyrrole nitrogens is 1. The van der Waals surface area contributed by atoms with E-state index >= 15 is 0 Å². The summed E-state index contributed by atoms with van der Waals surface area (Å²) in [5, 5.41) is 0. The van der Waals surface area contributed by atoms with Crippen molar-refractivity contribution in [3.05, 3.63) is 106 Å². The Morgan fingerprint density at radius 1 is 0.917 bits per heavy atom. The minimum atomic E-state index is -0.751. The highest BCUT2D eigenvalue weighted by Crippen LogP contribution is 2.33. The Kier molecular flexibility index (Phi) is 6.43. The molecular formula is C28H26N2O6. The highest BCUT2D eigenvalue weighted by Gasteiger charge is 2.41. The lowest BCUT2D eigenvalue weighted by molar-refractivity contribution is -0.0569. The summed E-state index contributed by atoms with van der Waals surface area (Å²) in [6, 6.07) is 21.4. The number of rotatable bonds is 6. The van der Waals surface area contributed by atoms with Gasteiger partial charge in [0.15, 0.2) is 0 Å². The van der Waals surface area contributed by atoms with Crippen LogP contribution in [0.15, 0.2) is 77.6 Å². The third kappa shape index (κ3) is 4.81. The molecule has 2 heterocycles. The Labute approximate surface area is 207 Å². The summed E-state index contributed by atoms with van der Waals surface area (Å²) >= 11 is 0. The predicted molar refractivity (Wildman–Crippen MR) is 133 cm³/mol. The first-order valence-corrected chi connectivity index (χ1v) is 11.7. The van der Waals surface area contributed by atoms with Gasteiger partial charge in [0.25, 0.3) is 0 Å². The smallest absolute Gasteiger partial charge is 0.338 e. The lowest BCUT2D eigenvalue weighted by atomic mass is 10.1. The van der Waals surface area contributed by atoms with E-state index in [1.165, 1.54) is 4.57 Å². The molecule has 5 rings (SSSR count). The number of imidazole rings is 1. The number of hydrogen-bond donors (Lipinski definition) is 1. The second kappa shape index (κ2) is 9.83. The number of carbonyl (C=O) groups excluding carboxylic acids is 2. The van der Waals surface area contributed by atoms with E-state index in [0.29, 0.717) is 22.2 Å². The van der Waals surface area contributed by atoms with Gasteiger partial charge in [-0.2, -0.15) is 0 Å². The number of esters is 2. The molecule has 1 aliphatic heterocycles. The number of fused-ring (bicyclic) bond motifs is 1. The fourth-order valence-electron chi connectivity index (χ4n) is 4.32. The van der Waals surface area contributed by atoms with Crippen LogP contribution in [-0.2, 0) is 14.2 Å². The number of nitrogens with zero attached hydrogens (tertiary/aromatic N) is 1. The van der Waals surface area contributed by atoms with Crippen molar-refractivity contribution < 1.29 is 23.8 Å². The fourth-order valence-corrected chi connectivity index (χ4v) is 4.32. The Morgan fingerprint density at radius 2 is 1.53 bits per heavy atom. The number of nitrogens with one attached hydrogen (secondary N) is 1. The molecule has 4 aromatic rings. The molecule has 184 valence electrons. The number of hydrogen-bond acceptors (Lipinski definition) is 6. The standard InChI is InChI=1S/C28H26N2O6/c1-17-7-11-19(12-8-17)26(31)34-16-24-23(36-27(32)20-13-9-18(2)10-14-20)15-25(35-24)30-22-6-4-3-5-21(22)29-28(30)33/h3-14,23-25H,15-16H2,1-2H3,(H,29,33)/t23-,24+,25+/m0/s1. The molecule has 1 saturated heterocycles. The second-order valence-electron chi connectivity index (χ2n) is 8.96. The molecule has 0 radical (unpaired) electrons. The number of aryl methyl sites for hydroxylation is 2. The lowest BCUT2D eigenvalue weighted by Crippen LogP contribution is -2.32. The number of para-hydroxylation sites is 2. The van der Waals surface area contributed by atoms with Gasteiger partial charge in [-0.25, -0.2) is 14.4 Å². The SMILES string of the molecule is Cc1ccc(C(=O)OC[C@H]2O[C@@H](n3c(=O)[nH]c4ccccc43)C[C@@H]2OC(=O)c2ccc(C)cc2)cc1. The first-order chi connectivity index (χ1) is 17.4. The van der Waals surface area contributed by atoms with Gasteiger partial charge in [0.1, 0.15) is 25.0 Å². The molecular weight excluding hydrogens is 460 g/mol. The van der Waals surface area contributed by atoms with E-state index in [-0.39, 0.29) is 18.7 Å². The van der Waals surface area contributed by atoms with Crippen LogP contribution in [0.5, 0.6) is 0 Å². The van der Waals surface area contributed by atoms with Crippen LogP contribution in [0.3, 0.4) is 0 Å². The first kappa shape index (κ1) is 23.6. The van der Waals surface area contributed by atoms with E-state index in [1.54, 1.807) is 30.3 Å². The van der Waals surface area contributed by atoms with E-state index in [2.05, 4.69) is 4.98 Å². The molecule has 0 saturated carbocycles. The number of aromatic amines is 1. The largest absolute Gasteiger partial charge is 0.459 e. The van der Waals surface area contributed by atoms with Gasteiger partial charge in [-0.3, -0.25) is 4.57 Å². The maximum atomic E-state index is 12.9. The summed E-state index contributed by atoms with van der Waals surface area (Å²) in [5.41, 5.74) is 3.89. The molecule has 3 aromatic carbocycles. The summed E-state index contributed by atoms with van der Waals surface area (Å²) in [7, 11) is 0. The Bertz CT molecular complexity index is 1450. The van der Waals surface area contributed by atoms with Gasteiger partial charge in [0.05, 0.1) is 22.2 Å². The molecule has 8 nitrogen and oxygen atoms in total. The summed E-state index contributed by atoms with van der Waals surface area (Å²) in [6.07, 6.45) is -1.95. The molecule has 1 N–H and O–H groups in total. The maximum absolute atomic E-state index is 12.9. The highest BCUT2D eigenvalue weighted by molar-refractivity contribution is 5.90. The van der Waals surface area contributed by atoms with E-state index in [0.717, 1.165) is 11.1 Å². The van der Waals surface area contributed by atoms with Crippen molar-refractivity contribution in [1.29, 1.82) is 0 Å². The van der Waals surface area contributed by atoms with E-state index in [4.69, 9.17) is 14.2 Å². The average molecular weight is 487 g/mol. The predicted octanol–water partition coefficient (Wildman–Crippen LogP) is 4.32. The molecule has 8 heteroatoms. The van der Waals surface area contributed by atoms with Crippen molar-refractivity contribution in [1.82, 2.24) is 9.55 Å². The Morgan fingerprint density at radius 3 is 2.19 bits per heavy atom. The Balaban J connectivity index is 1.37. The van der Waals surface area contributed by atoms with Gasteiger partial charge in [-0.1, -0.05) is 47.5 Å². The zero-order valence-corrected chi connectivity index (χ0v) is 20.0. The third-order valence-electron chi connectivity index (χ3n) is 6.30. The number of ether oxygens (including phenoxy) is 3. The molecule has 1 aliphatic rings. The molecule has 1 aromatic heterocycles. The molecule has 3 atom stereocenters. The van der Waals surface area contributed by atoms with E-state index in [9.17, 15) is 14.4 Å². The van der Waals surface area contributed by atoms with Crippen LogP contribution in [0.1, 0.15) is 44.5 Å². The first-order valence-electron chi connectivity index (χ1n) is 11.7. The number of aromatic nitrogens is 2. The van der Waals surface area contributed by atoms with E-state index in [1.807, 2.05) is 56.3 Å². The number of benzene rings is 3. The highest BCUT2D eigenvalue weighted by atomic mass is 16.6. The van der Waals surface area contributed by atoms with Crippen molar-refractivity contribution in [2.75, 3.05) is 6.61 Å². The van der Waals surface area contributed by atoms with Gasteiger partial charge >= 0.3 is 17.6 Å². The second-order valence-corrected chi connectivity index (χ2v) is 8.96. The summed E-state index contributed by atoms with van der Waals surface area (Å²) in [6.45, 7) is 3.73. The minimum Gasteiger partial charge on any atom is -0.459 e. The fraction of sp³-hybridized carbons (Fsp3) is 0.250. The van der Waals surface area contributed by atoms with Gasteiger partial charge in [0, 0.05) is 6.42 Å².